The first-order valence-electron chi connectivity index (χ1n) is 3.50. The second kappa shape index (κ2) is 3.59. The Labute approximate surface area is 91.5 Å². The lowest BCUT2D eigenvalue weighted by atomic mass is 10.4. The first kappa shape index (κ1) is 8.90. The van der Waals surface area contributed by atoms with E-state index in [0.717, 1.165) is 4.60 Å². The van der Waals surface area contributed by atoms with Crippen molar-refractivity contribution >= 4 is 31.9 Å². The summed E-state index contributed by atoms with van der Waals surface area (Å²) in [6.45, 7) is 0. The highest BCUT2D eigenvalue weighted by atomic mass is 79.9. The van der Waals surface area contributed by atoms with Gasteiger partial charge in [-0.3, -0.25) is 0 Å². The van der Waals surface area contributed by atoms with Crippen LogP contribution in [0.25, 0.3) is 11.6 Å². The summed E-state index contributed by atoms with van der Waals surface area (Å²) in [7, 11) is 0. The van der Waals surface area contributed by atoms with E-state index in [1.807, 2.05) is 6.07 Å². The molecular formula is C8H4Br2N2O. The number of halogens is 2. The van der Waals surface area contributed by atoms with Gasteiger partial charge in [0.2, 0.25) is 0 Å². The fourth-order valence-corrected chi connectivity index (χ4v) is 1.48. The summed E-state index contributed by atoms with van der Waals surface area (Å²) in [6, 6.07) is 5.38. The van der Waals surface area contributed by atoms with Crippen molar-refractivity contribution in [1.82, 2.24) is 9.97 Å². The predicted octanol–water partition coefficient (Wildman–Crippen LogP) is 3.26. The van der Waals surface area contributed by atoms with Crippen LogP contribution in [0.1, 0.15) is 0 Å². The molecule has 13 heavy (non-hydrogen) atoms. The fraction of sp³-hybridized carbons (Fsp3) is 0. The van der Waals surface area contributed by atoms with Gasteiger partial charge in [0.15, 0.2) is 16.3 Å². The quantitative estimate of drug-likeness (QED) is 0.759. The molecular weight excluding hydrogens is 300 g/mol. The molecule has 3 nitrogen and oxygen atoms in total. The maximum absolute atomic E-state index is 5.30. The Morgan fingerprint density at radius 2 is 2.00 bits per heavy atom. The molecule has 0 aliphatic rings. The summed E-state index contributed by atoms with van der Waals surface area (Å²) >= 11 is 6.48. The van der Waals surface area contributed by atoms with Crippen LogP contribution >= 0.6 is 31.9 Å². The van der Waals surface area contributed by atoms with Crippen LogP contribution in [0.15, 0.2) is 38.1 Å². The van der Waals surface area contributed by atoms with E-state index in [2.05, 4.69) is 41.8 Å². The summed E-state index contributed by atoms with van der Waals surface area (Å²) < 4.78 is 6.71. The Bertz CT molecular complexity index is 428. The van der Waals surface area contributed by atoms with Gasteiger partial charge >= 0.3 is 0 Å². The minimum atomic E-state index is 0.570. The molecule has 2 rings (SSSR count). The number of furan rings is 1. The molecule has 2 aromatic heterocycles. The second-order valence-electron chi connectivity index (χ2n) is 2.31. The highest BCUT2D eigenvalue weighted by Gasteiger charge is 2.05. The van der Waals surface area contributed by atoms with Crippen LogP contribution in [0.2, 0.25) is 0 Å². The number of nitrogens with zero attached hydrogens (tertiary/aromatic N) is 2. The van der Waals surface area contributed by atoms with Gasteiger partial charge in [0, 0.05) is 6.20 Å². The molecule has 2 aromatic rings. The molecule has 0 N–H and O–H groups in total. The molecule has 0 unspecified atom stereocenters. The van der Waals surface area contributed by atoms with Gasteiger partial charge in [0.1, 0.15) is 4.60 Å². The molecule has 0 amide bonds. The van der Waals surface area contributed by atoms with Gasteiger partial charge < -0.3 is 4.42 Å². The number of aromatic nitrogens is 2. The number of rotatable bonds is 1. The molecule has 0 aliphatic carbocycles. The van der Waals surface area contributed by atoms with Gasteiger partial charge in [-0.2, -0.15) is 0 Å². The average molecular weight is 304 g/mol. The van der Waals surface area contributed by atoms with Gasteiger partial charge in [-0.05, 0) is 50.1 Å². The van der Waals surface area contributed by atoms with Crippen LogP contribution in [-0.2, 0) is 0 Å². The molecule has 0 saturated carbocycles. The van der Waals surface area contributed by atoms with Gasteiger partial charge in [0.25, 0.3) is 0 Å². The summed E-state index contributed by atoms with van der Waals surface area (Å²) in [5.74, 6) is 1.22. The minimum Gasteiger partial charge on any atom is -0.446 e. The third kappa shape index (κ3) is 1.97. The highest BCUT2D eigenvalue weighted by Crippen LogP contribution is 2.22. The topological polar surface area (TPSA) is 38.9 Å². The van der Waals surface area contributed by atoms with Gasteiger partial charge in [0.05, 0.1) is 0 Å². The summed E-state index contributed by atoms with van der Waals surface area (Å²) in [4.78, 5) is 8.22. The SMILES string of the molecule is Brc1ccnc(-c2ccc(Br)o2)n1. The van der Waals surface area contributed by atoms with Crippen molar-refractivity contribution in [2.75, 3.05) is 0 Å². The van der Waals surface area contributed by atoms with Gasteiger partial charge in [-0.15, -0.1) is 0 Å². The van der Waals surface area contributed by atoms with Crippen molar-refractivity contribution < 1.29 is 4.42 Å². The van der Waals surface area contributed by atoms with Crippen molar-refractivity contribution in [3.8, 4) is 11.6 Å². The van der Waals surface area contributed by atoms with E-state index >= 15 is 0 Å². The average Bonchev–Trinajstić information content (AvgIpc) is 2.52. The molecule has 0 radical (unpaired) electrons. The zero-order valence-corrected chi connectivity index (χ0v) is 9.54. The molecule has 0 aromatic carbocycles. The van der Waals surface area contributed by atoms with Crippen LogP contribution in [-0.4, -0.2) is 9.97 Å². The van der Waals surface area contributed by atoms with Crippen LogP contribution in [0.3, 0.4) is 0 Å². The zero-order chi connectivity index (χ0) is 9.26. The standard InChI is InChI=1S/C8H4Br2N2O/c9-6-3-4-11-8(12-6)5-1-2-7(10)13-5/h1-4H. The zero-order valence-electron chi connectivity index (χ0n) is 6.37. The van der Waals surface area contributed by atoms with E-state index < -0.39 is 0 Å². The lowest BCUT2D eigenvalue weighted by Crippen LogP contribution is -1.85. The molecule has 0 atom stereocenters. The van der Waals surface area contributed by atoms with E-state index in [1.54, 1.807) is 18.3 Å². The second-order valence-corrected chi connectivity index (χ2v) is 3.90. The normalized spacial score (nSPS) is 10.3. The van der Waals surface area contributed by atoms with Crippen LogP contribution in [0.5, 0.6) is 0 Å². The monoisotopic (exact) mass is 302 g/mol. The Kier molecular flexibility index (Phi) is 2.46. The van der Waals surface area contributed by atoms with Crippen molar-refractivity contribution in [3.63, 3.8) is 0 Å². The molecule has 66 valence electrons. The Hall–Kier alpha value is -0.680. The molecule has 0 aliphatic heterocycles. The summed E-state index contributed by atoms with van der Waals surface area (Å²) in [5, 5.41) is 0. The van der Waals surface area contributed by atoms with Crippen molar-refractivity contribution in [1.29, 1.82) is 0 Å². The Morgan fingerprint density at radius 1 is 1.15 bits per heavy atom. The molecule has 0 bridgehead atoms. The van der Waals surface area contributed by atoms with E-state index in [0.29, 0.717) is 16.3 Å². The molecule has 0 saturated heterocycles. The number of hydrogen-bond donors (Lipinski definition) is 0. The van der Waals surface area contributed by atoms with Crippen molar-refractivity contribution in [2.45, 2.75) is 0 Å². The third-order valence-electron chi connectivity index (χ3n) is 1.42. The van der Waals surface area contributed by atoms with Gasteiger partial charge in [-0.1, -0.05) is 0 Å². The highest BCUT2D eigenvalue weighted by molar-refractivity contribution is 9.10. The van der Waals surface area contributed by atoms with Crippen LogP contribution < -0.4 is 0 Å². The molecule has 2 heterocycles. The van der Waals surface area contributed by atoms with Crippen molar-refractivity contribution in [3.05, 3.63) is 33.7 Å². The third-order valence-corrected chi connectivity index (χ3v) is 2.28. The van der Waals surface area contributed by atoms with Crippen molar-refractivity contribution in [2.24, 2.45) is 0 Å². The van der Waals surface area contributed by atoms with E-state index in [9.17, 15) is 0 Å². The molecule has 5 heteroatoms. The summed E-state index contributed by atoms with van der Waals surface area (Å²) in [5.41, 5.74) is 0. The van der Waals surface area contributed by atoms with Gasteiger partial charge in [-0.25, -0.2) is 9.97 Å². The fourth-order valence-electron chi connectivity index (χ4n) is 0.890. The first-order chi connectivity index (χ1) is 6.25. The largest absolute Gasteiger partial charge is 0.446 e. The molecule has 0 spiro atoms. The van der Waals surface area contributed by atoms with E-state index in [4.69, 9.17) is 4.42 Å². The maximum Gasteiger partial charge on any atom is 0.196 e. The Morgan fingerprint density at radius 3 is 2.62 bits per heavy atom. The smallest absolute Gasteiger partial charge is 0.196 e. The van der Waals surface area contributed by atoms with Crippen LogP contribution in [0, 0.1) is 0 Å². The maximum atomic E-state index is 5.30. The van der Waals surface area contributed by atoms with E-state index in [-0.39, 0.29) is 0 Å². The lowest BCUT2D eigenvalue weighted by molar-refractivity contribution is 0.551. The molecule has 0 fully saturated rings. The number of hydrogen-bond acceptors (Lipinski definition) is 3. The van der Waals surface area contributed by atoms with Crippen LogP contribution in [0.4, 0.5) is 0 Å². The first-order valence-corrected chi connectivity index (χ1v) is 5.08. The van der Waals surface area contributed by atoms with E-state index in [1.165, 1.54) is 0 Å². The Balaban J connectivity index is 2.46. The lowest BCUT2D eigenvalue weighted by Gasteiger charge is -1.94. The minimum absolute atomic E-state index is 0.570. The predicted molar refractivity (Wildman–Crippen MR) is 55.1 cm³/mol. The summed E-state index contributed by atoms with van der Waals surface area (Å²) in [6.07, 6.45) is 1.67.